The molecular weight excluding hydrogens is 450 g/mol. The summed E-state index contributed by atoms with van der Waals surface area (Å²) in [5.41, 5.74) is 6.89. The molecule has 0 N–H and O–H groups in total. The van der Waals surface area contributed by atoms with E-state index in [0.29, 0.717) is 18.9 Å². The molecule has 3 aliphatic carbocycles. The molecule has 1 unspecified atom stereocenters. The highest BCUT2D eigenvalue weighted by molar-refractivity contribution is 5.41. The van der Waals surface area contributed by atoms with E-state index in [1.54, 1.807) is 0 Å². The largest absolute Gasteiger partial charge is 0.151 e. The quantitative estimate of drug-likeness (QED) is 0.358. The lowest BCUT2D eigenvalue weighted by molar-refractivity contribution is 0.545. The van der Waals surface area contributed by atoms with E-state index in [9.17, 15) is 4.91 Å². The van der Waals surface area contributed by atoms with Gasteiger partial charge in [0.05, 0.1) is 6.54 Å². The Morgan fingerprint density at radius 3 is 2.00 bits per heavy atom. The van der Waals surface area contributed by atoms with Crippen LogP contribution in [-0.2, 0) is 0 Å². The van der Waals surface area contributed by atoms with Crippen molar-refractivity contribution in [2.75, 3.05) is 6.54 Å². The number of allylic oxidation sites excluding steroid dienone is 19. The zero-order valence-electron chi connectivity index (χ0n) is 22.8. The fraction of sp³-hybridized carbons (Fsp3) is 0.429. The number of nitroso groups, excluding NO2 is 1. The summed E-state index contributed by atoms with van der Waals surface area (Å²) in [4.78, 5) is 11.0. The summed E-state index contributed by atoms with van der Waals surface area (Å²) in [6.07, 6.45) is 47.1. The van der Waals surface area contributed by atoms with Gasteiger partial charge in [0, 0.05) is 0 Å². The SMILES string of the molecule is CC1CCCCCC2=C\C=C/C=C1/C(CCN=O)=C\C=C\C=C\C=C/C1=C/C=C\C=C2CCCCCC1. The maximum atomic E-state index is 11.0. The van der Waals surface area contributed by atoms with Crippen LogP contribution in [-0.4, -0.2) is 6.54 Å². The number of hydrogen-bond donors (Lipinski definition) is 0. The van der Waals surface area contributed by atoms with Gasteiger partial charge in [-0.1, -0.05) is 129 Å². The first kappa shape index (κ1) is 28.6. The zero-order chi connectivity index (χ0) is 26.0. The van der Waals surface area contributed by atoms with Gasteiger partial charge in [-0.25, -0.2) is 0 Å². The van der Waals surface area contributed by atoms with Gasteiger partial charge in [0.1, 0.15) is 0 Å². The molecule has 0 aromatic rings. The van der Waals surface area contributed by atoms with E-state index >= 15 is 0 Å². The number of fused-ring (bicyclic) bond motifs is 5. The second kappa shape index (κ2) is 17.5. The van der Waals surface area contributed by atoms with Crippen molar-refractivity contribution in [1.29, 1.82) is 0 Å². The lowest BCUT2D eigenvalue weighted by atomic mass is 9.86. The Morgan fingerprint density at radius 1 is 0.649 bits per heavy atom. The number of hydrogen-bond acceptors (Lipinski definition) is 2. The Kier molecular flexibility index (Phi) is 13.5. The standard InChI is InChI=1S/C35H45NO/c1-30-18-8-7-13-23-33-25-16-17-27-35(30)34(28-29-36-37)26-12-4-2-3-9-19-31-20-10-5-6-11-22-32(33)24-15-14-21-31/h2-4,9,12,14-17,19,21,24-27,30H,5-8,10-11,13,18,20,22-23,28-29H2,1H3/b3-2+,4-2?,9-3?,12-4+,15-14-,17-16-,19-9-,21-14?,24-15?,25-16?,26-12?,27-17?,31-19?,31-21-,32-24?,33-25?,33-32?,34-26-,35-27+,35-34?. The van der Waals surface area contributed by atoms with E-state index in [4.69, 9.17) is 0 Å². The summed E-state index contributed by atoms with van der Waals surface area (Å²) in [7, 11) is 0. The van der Waals surface area contributed by atoms with E-state index in [-0.39, 0.29) is 0 Å². The van der Waals surface area contributed by atoms with Crippen LogP contribution in [0.2, 0.25) is 0 Å². The van der Waals surface area contributed by atoms with Gasteiger partial charge >= 0.3 is 0 Å². The number of rotatable bonds is 3. The normalized spacial score (nSPS) is 30.9. The fourth-order valence-electron chi connectivity index (χ4n) is 5.32. The van der Waals surface area contributed by atoms with E-state index in [2.05, 4.69) is 103 Å². The van der Waals surface area contributed by atoms with E-state index in [0.717, 1.165) is 19.3 Å². The first-order valence-corrected chi connectivity index (χ1v) is 14.4. The predicted molar refractivity (Wildman–Crippen MR) is 161 cm³/mol. The topological polar surface area (TPSA) is 29.4 Å². The maximum absolute atomic E-state index is 11.0. The van der Waals surface area contributed by atoms with Crippen LogP contribution in [0.4, 0.5) is 0 Å². The third-order valence-corrected chi connectivity index (χ3v) is 7.49. The Bertz CT molecular complexity index is 1040. The Morgan fingerprint density at radius 2 is 1.24 bits per heavy atom. The molecule has 0 radical (unpaired) electrons. The summed E-state index contributed by atoms with van der Waals surface area (Å²) in [6, 6.07) is 0. The monoisotopic (exact) mass is 495 g/mol. The lowest BCUT2D eigenvalue weighted by Gasteiger charge is -2.19. The molecule has 37 heavy (non-hydrogen) atoms. The van der Waals surface area contributed by atoms with Crippen molar-refractivity contribution in [3.63, 3.8) is 0 Å². The Hall–Kier alpha value is -3.00. The molecule has 2 nitrogen and oxygen atoms in total. The minimum atomic E-state index is 0.312. The average molecular weight is 496 g/mol. The first-order valence-electron chi connectivity index (χ1n) is 14.4. The average Bonchev–Trinajstić information content (AvgIpc) is 2.88. The molecule has 196 valence electrons. The highest BCUT2D eigenvalue weighted by Crippen LogP contribution is 2.30. The van der Waals surface area contributed by atoms with Crippen molar-refractivity contribution >= 4 is 0 Å². The molecule has 0 saturated carbocycles. The summed E-state index contributed by atoms with van der Waals surface area (Å²) >= 11 is 0. The molecule has 0 saturated heterocycles. The summed E-state index contributed by atoms with van der Waals surface area (Å²) in [5, 5.41) is 3.16. The van der Waals surface area contributed by atoms with Gasteiger partial charge in [0.2, 0.25) is 0 Å². The first-order chi connectivity index (χ1) is 18.3. The fourth-order valence-corrected chi connectivity index (χ4v) is 5.32. The van der Waals surface area contributed by atoms with Gasteiger partial charge in [0.15, 0.2) is 0 Å². The van der Waals surface area contributed by atoms with Crippen LogP contribution in [0, 0.1) is 10.8 Å². The summed E-state index contributed by atoms with van der Waals surface area (Å²) < 4.78 is 0. The van der Waals surface area contributed by atoms with Gasteiger partial charge in [-0.15, -0.1) is 0 Å². The van der Waals surface area contributed by atoms with Crippen LogP contribution >= 0.6 is 0 Å². The summed E-state index contributed by atoms with van der Waals surface area (Å²) in [5.74, 6) is 0.450. The van der Waals surface area contributed by atoms with E-state index in [1.165, 1.54) is 79.2 Å². The van der Waals surface area contributed by atoms with Gasteiger partial charge in [-0.2, -0.15) is 4.91 Å². The molecule has 0 amide bonds. The van der Waals surface area contributed by atoms with Crippen molar-refractivity contribution in [2.45, 2.75) is 84.0 Å². The minimum Gasteiger partial charge on any atom is -0.151 e. The van der Waals surface area contributed by atoms with Gasteiger partial charge in [-0.05, 0) is 85.2 Å². The molecule has 3 aliphatic rings. The van der Waals surface area contributed by atoms with Crippen molar-refractivity contribution in [3.8, 4) is 0 Å². The minimum absolute atomic E-state index is 0.312. The lowest BCUT2D eigenvalue weighted by Crippen LogP contribution is -2.05. The molecule has 1 atom stereocenters. The Balaban J connectivity index is 2.08. The van der Waals surface area contributed by atoms with Gasteiger partial charge < -0.3 is 0 Å². The van der Waals surface area contributed by atoms with Crippen LogP contribution in [0.15, 0.2) is 124 Å². The third-order valence-electron chi connectivity index (χ3n) is 7.49. The van der Waals surface area contributed by atoms with Crippen molar-refractivity contribution in [2.24, 2.45) is 11.1 Å². The Labute approximate surface area is 225 Å². The van der Waals surface area contributed by atoms with Crippen molar-refractivity contribution < 1.29 is 0 Å². The highest BCUT2D eigenvalue weighted by Gasteiger charge is 2.14. The maximum Gasteiger partial charge on any atom is 0.0851 e. The highest BCUT2D eigenvalue weighted by atomic mass is 16.3. The van der Waals surface area contributed by atoms with E-state index in [1.807, 2.05) is 0 Å². The van der Waals surface area contributed by atoms with Gasteiger partial charge in [0.25, 0.3) is 0 Å². The molecule has 0 heterocycles. The molecule has 0 fully saturated rings. The van der Waals surface area contributed by atoms with Crippen LogP contribution in [0.1, 0.15) is 84.0 Å². The van der Waals surface area contributed by atoms with Gasteiger partial charge in [-0.3, -0.25) is 0 Å². The predicted octanol–water partition coefficient (Wildman–Crippen LogP) is 10.5. The van der Waals surface area contributed by atoms with Crippen LogP contribution in [0.3, 0.4) is 0 Å². The molecule has 0 spiro atoms. The van der Waals surface area contributed by atoms with E-state index < -0.39 is 0 Å². The molecule has 3 rings (SSSR count). The smallest absolute Gasteiger partial charge is 0.0851 e. The van der Waals surface area contributed by atoms with Crippen LogP contribution < -0.4 is 0 Å². The van der Waals surface area contributed by atoms with Crippen LogP contribution in [0.5, 0.6) is 0 Å². The van der Waals surface area contributed by atoms with Crippen molar-refractivity contribution in [3.05, 3.63) is 124 Å². The second-order valence-corrected chi connectivity index (χ2v) is 10.4. The number of nitrogens with zero attached hydrogens (tertiary/aromatic N) is 1. The molecule has 0 aliphatic heterocycles. The molecule has 4 bridgehead atoms. The molecule has 0 aromatic carbocycles. The van der Waals surface area contributed by atoms with Crippen LogP contribution in [0.25, 0.3) is 0 Å². The zero-order valence-corrected chi connectivity index (χ0v) is 22.8. The molecule has 2 heteroatoms. The third kappa shape index (κ3) is 10.9. The summed E-state index contributed by atoms with van der Waals surface area (Å²) in [6.45, 7) is 2.64. The second-order valence-electron chi connectivity index (χ2n) is 10.4. The molecular formula is C35H45NO. The van der Waals surface area contributed by atoms with Crippen molar-refractivity contribution in [1.82, 2.24) is 0 Å². The molecule has 0 aromatic heterocycles.